The fraction of sp³-hybridized carbons (Fsp3) is 0.138. The minimum absolute atomic E-state index is 0.0778. The van der Waals surface area contributed by atoms with Crippen LogP contribution in [0.15, 0.2) is 81.6 Å². The molecule has 0 aliphatic heterocycles. The van der Waals surface area contributed by atoms with E-state index in [-0.39, 0.29) is 10.9 Å². The number of oxazole rings is 1. The minimum Gasteiger partial charge on any atom is -0.495 e. The molecule has 0 aliphatic rings. The van der Waals surface area contributed by atoms with Crippen molar-refractivity contribution in [3.05, 3.63) is 89.1 Å². The summed E-state index contributed by atoms with van der Waals surface area (Å²) in [6.07, 6.45) is 0. The fourth-order valence-corrected chi connectivity index (χ4v) is 4.24. The topological polar surface area (TPSA) is 89.5 Å². The lowest BCUT2D eigenvalue weighted by Gasteiger charge is -2.13. The molecule has 38 heavy (non-hydrogen) atoms. The van der Waals surface area contributed by atoms with Gasteiger partial charge in [-0.15, -0.1) is 0 Å². The first-order valence-corrected chi connectivity index (χ1v) is 12.7. The van der Waals surface area contributed by atoms with E-state index in [9.17, 15) is 4.79 Å². The monoisotopic (exact) mass is 545 g/mol. The average Bonchev–Trinajstić information content (AvgIpc) is 3.56. The number of hydrogen-bond donors (Lipinski definition) is 2. The van der Waals surface area contributed by atoms with Crippen molar-refractivity contribution in [2.75, 3.05) is 12.4 Å². The summed E-state index contributed by atoms with van der Waals surface area (Å²) in [6, 6.07) is 21.9. The summed E-state index contributed by atoms with van der Waals surface area (Å²) in [5, 5.41) is 6.36. The lowest BCUT2D eigenvalue weighted by atomic mass is 10.0. The van der Waals surface area contributed by atoms with Crippen LogP contribution in [0.1, 0.15) is 35.9 Å². The Balaban J connectivity index is 1.32. The van der Waals surface area contributed by atoms with E-state index in [1.807, 2.05) is 36.4 Å². The fourth-order valence-electron chi connectivity index (χ4n) is 3.91. The van der Waals surface area contributed by atoms with Gasteiger partial charge in [0, 0.05) is 16.1 Å². The van der Waals surface area contributed by atoms with E-state index in [1.54, 1.807) is 43.5 Å². The van der Waals surface area contributed by atoms with Crippen LogP contribution in [0.4, 0.5) is 5.69 Å². The van der Waals surface area contributed by atoms with Gasteiger partial charge in [-0.1, -0.05) is 31.5 Å². The molecule has 0 aliphatic carbocycles. The molecular formula is C29H24ClN3O4S. The van der Waals surface area contributed by atoms with Gasteiger partial charge in [-0.2, -0.15) is 0 Å². The van der Waals surface area contributed by atoms with Gasteiger partial charge < -0.3 is 18.9 Å². The molecule has 0 saturated heterocycles. The molecule has 0 spiro atoms. The van der Waals surface area contributed by atoms with Crippen LogP contribution in [-0.4, -0.2) is 23.1 Å². The van der Waals surface area contributed by atoms with E-state index in [1.165, 1.54) is 5.56 Å². The molecule has 5 rings (SSSR count). The molecule has 2 heterocycles. The van der Waals surface area contributed by atoms with Crippen LogP contribution in [0, 0.1) is 0 Å². The molecule has 1 amide bonds. The van der Waals surface area contributed by atoms with Crippen molar-refractivity contribution in [3.63, 3.8) is 0 Å². The number of aromatic nitrogens is 1. The molecule has 0 atom stereocenters. The number of carbonyl (C=O) groups excluding carboxylic acids is 1. The number of amides is 1. The Morgan fingerprint density at radius 3 is 2.47 bits per heavy atom. The number of rotatable bonds is 6. The second-order valence-corrected chi connectivity index (χ2v) is 9.74. The maximum absolute atomic E-state index is 12.8. The maximum atomic E-state index is 12.8. The predicted octanol–water partition coefficient (Wildman–Crippen LogP) is 7.67. The second-order valence-electron chi connectivity index (χ2n) is 8.89. The number of halogens is 1. The number of carbonyl (C=O) groups is 1. The van der Waals surface area contributed by atoms with Crippen molar-refractivity contribution in [1.82, 2.24) is 10.3 Å². The van der Waals surface area contributed by atoms with Crippen LogP contribution in [-0.2, 0) is 0 Å². The Hall–Kier alpha value is -4.14. The van der Waals surface area contributed by atoms with Gasteiger partial charge in [0.05, 0.1) is 12.8 Å². The summed E-state index contributed by atoms with van der Waals surface area (Å²) in [6.45, 7) is 4.27. The highest BCUT2D eigenvalue weighted by molar-refractivity contribution is 7.80. The van der Waals surface area contributed by atoms with Crippen molar-refractivity contribution < 1.29 is 18.4 Å². The first kappa shape index (κ1) is 25.5. The Morgan fingerprint density at radius 2 is 1.74 bits per heavy atom. The van der Waals surface area contributed by atoms with E-state index in [4.69, 9.17) is 37.4 Å². The Labute approximate surface area is 229 Å². The first-order valence-electron chi connectivity index (χ1n) is 11.9. The molecule has 5 aromatic rings. The molecule has 0 saturated carbocycles. The molecule has 3 aromatic carbocycles. The lowest BCUT2D eigenvalue weighted by molar-refractivity contribution is 0.0951. The highest BCUT2D eigenvalue weighted by Crippen LogP contribution is 2.33. The summed E-state index contributed by atoms with van der Waals surface area (Å²) in [4.78, 5) is 17.4. The van der Waals surface area contributed by atoms with Crippen molar-refractivity contribution in [2.45, 2.75) is 19.8 Å². The van der Waals surface area contributed by atoms with Crippen molar-refractivity contribution in [2.24, 2.45) is 0 Å². The zero-order valence-electron chi connectivity index (χ0n) is 20.9. The molecule has 2 aromatic heterocycles. The van der Waals surface area contributed by atoms with Crippen LogP contribution in [0.2, 0.25) is 5.02 Å². The number of nitrogens with zero attached hydrogens (tertiary/aromatic N) is 1. The van der Waals surface area contributed by atoms with E-state index in [0.717, 1.165) is 16.6 Å². The summed E-state index contributed by atoms with van der Waals surface area (Å²) >= 11 is 11.3. The molecule has 0 unspecified atom stereocenters. The number of anilines is 1. The third-order valence-corrected chi connectivity index (χ3v) is 6.41. The number of nitrogens with one attached hydrogen (secondary N) is 2. The molecule has 192 valence electrons. The quantitative estimate of drug-likeness (QED) is 0.212. The smallest absolute Gasteiger partial charge is 0.293 e. The number of benzene rings is 3. The highest BCUT2D eigenvalue weighted by Gasteiger charge is 2.17. The van der Waals surface area contributed by atoms with Gasteiger partial charge in [0.15, 0.2) is 16.5 Å². The van der Waals surface area contributed by atoms with E-state index < -0.39 is 5.91 Å². The number of ether oxygens (including phenoxy) is 1. The Bertz CT molecular complexity index is 1640. The zero-order chi connectivity index (χ0) is 26.8. The molecule has 9 heteroatoms. The summed E-state index contributed by atoms with van der Waals surface area (Å²) in [5.74, 6) is 1.56. The van der Waals surface area contributed by atoms with Crippen molar-refractivity contribution >= 4 is 51.6 Å². The third-order valence-electron chi connectivity index (χ3n) is 5.96. The summed E-state index contributed by atoms with van der Waals surface area (Å²) < 4.78 is 17.2. The number of furan rings is 1. The third kappa shape index (κ3) is 5.41. The van der Waals surface area contributed by atoms with E-state index in [0.29, 0.717) is 39.6 Å². The van der Waals surface area contributed by atoms with Gasteiger partial charge in [0.2, 0.25) is 5.89 Å². The number of fused-ring (bicyclic) bond motifs is 1. The normalized spacial score (nSPS) is 11.1. The molecule has 0 fully saturated rings. The molecular weight excluding hydrogens is 522 g/mol. The van der Waals surface area contributed by atoms with Gasteiger partial charge >= 0.3 is 0 Å². The average molecular weight is 546 g/mol. The molecule has 0 bridgehead atoms. The Kier molecular flexibility index (Phi) is 7.18. The summed E-state index contributed by atoms with van der Waals surface area (Å²) in [7, 11) is 1.55. The number of thiocarbonyl (C=S) groups is 1. The highest BCUT2D eigenvalue weighted by atomic mass is 35.5. The van der Waals surface area contributed by atoms with Crippen LogP contribution in [0.25, 0.3) is 33.9 Å². The standard InChI is InChI=1S/C29H24ClN3O4S/c1-16(2)18-6-11-25-22(14-18)31-28(37-25)19-7-10-24(35-3)21(15-19)32-29(38)33-27(34)26-13-12-23(36-26)17-4-8-20(30)9-5-17/h4-16H,1-3H3,(H2,32,33,34,38). The molecule has 2 N–H and O–H groups in total. The summed E-state index contributed by atoms with van der Waals surface area (Å²) in [5.41, 5.74) is 4.75. The van der Waals surface area contributed by atoms with Gasteiger partial charge in [0.1, 0.15) is 17.0 Å². The van der Waals surface area contributed by atoms with Gasteiger partial charge in [-0.3, -0.25) is 10.1 Å². The Morgan fingerprint density at radius 1 is 0.974 bits per heavy atom. The molecule has 0 radical (unpaired) electrons. The first-order chi connectivity index (χ1) is 18.3. The zero-order valence-corrected chi connectivity index (χ0v) is 22.4. The van der Waals surface area contributed by atoms with E-state index >= 15 is 0 Å². The second kappa shape index (κ2) is 10.7. The van der Waals surface area contributed by atoms with Crippen LogP contribution < -0.4 is 15.4 Å². The van der Waals surface area contributed by atoms with Gasteiger partial charge in [0.25, 0.3) is 5.91 Å². The van der Waals surface area contributed by atoms with Gasteiger partial charge in [-0.05, 0) is 90.4 Å². The lowest BCUT2D eigenvalue weighted by Crippen LogP contribution is -2.34. The number of hydrogen-bond acceptors (Lipinski definition) is 6. The minimum atomic E-state index is -0.488. The van der Waals surface area contributed by atoms with Crippen LogP contribution >= 0.6 is 23.8 Å². The van der Waals surface area contributed by atoms with Crippen molar-refractivity contribution in [1.29, 1.82) is 0 Å². The van der Waals surface area contributed by atoms with Crippen LogP contribution in [0.3, 0.4) is 0 Å². The van der Waals surface area contributed by atoms with Crippen molar-refractivity contribution in [3.8, 4) is 28.5 Å². The SMILES string of the molecule is COc1ccc(-c2nc3cc(C(C)C)ccc3o2)cc1NC(=S)NC(=O)c1ccc(-c2ccc(Cl)cc2)o1. The van der Waals surface area contributed by atoms with Gasteiger partial charge in [-0.25, -0.2) is 4.98 Å². The maximum Gasteiger partial charge on any atom is 0.293 e. The predicted molar refractivity (Wildman–Crippen MR) is 153 cm³/mol. The largest absolute Gasteiger partial charge is 0.495 e. The number of methoxy groups -OCH3 is 1. The van der Waals surface area contributed by atoms with E-state index in [2.05, 4.69) is 29.5 Å². The van der Waals surface area contributed by atoms with Crippen LogP contribution in [0.5, 0.6) is 5.75 Å². The molecule has 7 nitrogen and oxygen atoms in total.